The molecular weight excluding hydrogens is 554 g/mol. The zero-order valence-electron chi connectivity index (χ0n) is 23.9. The van der Waals surface area contributed by atoms with Crippen LogP contribution in [0.4, 0.5) is 11.4 Å². The largest absolute Gasteiger partial charge is 0.375 e. The summed E-state index contributed by atoms with van der Waals surface area (Å²) in [5.41, 5.74) is 9.41. The highest BCUT2D eigenvalue weighted by molar-refractivity contribution is 7.80. The Morgan fingerprint density at radius 2 is 1.93 bits per heavy atom. The highest BCUT2D eigenvalue weighted by atomic mass is 35.5. The van der Waals surface area contributed by atoms with E-state index in [1.54, 1.807) is 12.3 Å². The SMILES string of the molecule is CCc1cccc(C)c1-n1c(C)cc([C@H]2[C@@H](c3ccccn3)NC(=S)N2c2ccc(NC(=O)COC)c(Cl)c2)c1C. The van der Waals surface area contributed by atoms with Crippen LogP contribution in [0, 0.1) is 20.8 Å². The quantitative estimate of drug-likeness (QED) is 0.222. The Morgan fingerprint density at radius 3 is 2.61 bits per heavy atom. The molecule has 0 unspecified atom stereocenters. The van der Waals surface area contributed by atoms with Crippen molar-refractivity contribution < 1.29 is 9.53 Å². The first-order valence-corrected chi connectivity index (χ1v) is 14.4. The van der Waals surface area contributed by atoms with Crippen molar-refractivity contribution >= 4 is 46.2 Å². The zero-order chi connectivity index (χ0) is 29.3. The Hall–Kier alpha value is -3.72. The fourth-order valence-corrected chi connectivity index (χ4v) is 6.35. The summed E-state index contributed by atoms with van der Waals surface area (Å²) in [5.74, 6) is -0.274. The third-order valence-corrected chi connectivity index (χ3v) is 8.22. The van der Waals surface area contributed by atoms with Gasteiger partial charge in [0.25, 0.3) is 0 Å². The van der Waals surface area contributed by atoms with Crippen LogP contribution < -0.4 is 15.5 Å². The first-order valence-electron chi connectivity index (χ1n) is 13.6. The standard InChI is InChI=1S/C32H34ClN5O2S/c1-6-22-11-9-10-19(2)30(22)37-20(3)16-24(21(37)4)31-29(27-12-7-8-15-34-27)36-32(41)38(31)23-13-14-26(25(33)17-23)35-28(39)18-40-5/h7-17,29,31H,6,18H2,1-5H3,(H,35,39)(H,36,41)/t29-,31+/m1/s1. The fourth-order valence-electron chi connectivity index (χ4n) is 5.78. The van der Waals surface area contributed by atoms with E-state index in [-0.39, 0.29) is 24.6 Å². The molecule has 0 radical (unpaired) electrons. The van der Waals surface area contributed by atoms with E-state index in [4.69, 9.17) is 33.5 Å². The molecule has 2 aromatic heterocycles. The van der Waals surface area contributed by atoms with Gasteiger partial charge in [0.2, 0.25) is 5.91 Å². The maximum atomic E-state index is 12.1. The number of methoxy groups -OCH3 is 1. The number of ether oxygens (including phenoxy) is 1. The molecule has 5 rings (SSSR count). The molecule has 1 aliphatic heterocycles. The third kappa shape index (κ3) is 5.47. The molecule has 9 heteroatoms. The maximum Gasteiger partial charge on any atom is 0.250 e. The lowest BCUT2D eigenvalue weighted by Crippen LogP contribution is -2.29. The van der Waals surface area contributed by atoms with Crippen molar-refractivity contribution in [3.63, 3.8) is 0 Å². The smallest absolute Gasteiger partial charge is 0.250 e. The summed E-state index contributed by atoms with van der Waals surface area (Å²) in [6, 6.07) is 19.8. The number of thiocarbonyl (C=S) groups is 1. The second kappa shape index (κ2) is 12.0. The molecule has 7 nitrogen and oxygen atoms in total. The molecule has 41 heavy (non-hydrogen) atoms. The highest BCUT2D eigenvalue weighted by Crippen LogP contribution is 2.45. The molecule has 2 N–H and O–H groups in total. The van der Waals surface area contributed by atoms with Crippen LogP contribution in [0.1, 0.15) is 52.8 Å². The van der Waals surface area contributed by atoms with Crippen molar-refractivity contribution in [3.8, 4) is 5.69 Å². The number of rotatable bonds is 8. The number of carbonyl (C=O) groups is 1. The average molecular weight is 588 g/mol. The van der Waals surface area contributed by atoms with Gasteiger partial charge in [0.1, 0.15) is 6.61 Å². The normalized spacial score (nSPS) is 16.6. The molecule has 2 atom stereocenters. The molecule has 212 valence electrons. The van der Waals surface area contributed by atoms with Crippen molar-refractivity contribution in [3.05, 3.63) is 106 Å². The molecule has 1 saturated heterocycles. The number of hydrogen-bond donors (Lipinski definition) is 2. The van der Waals surface area contributed by atoms with Gasteiger partial charge in [-0.15, -0.1) is 0 Å². The lowest BCUT2D eigenvalue weighted by atomic mass is 9.96. The van der Waals surface area contributed by atoms with Gasteiger partial charge in [-0.05, 0) is 92.5 Å². The Kier molecular flexibility index (Phi) is 8.45. The second-order valence-corrected chi connectivity index (χ2v) is 11.0. The van der Waals surface area contributed by atoms with Crippen LogP contribution >= 0.6 is 23.8 Å². The van der Waals surface area contributed by atoms with Crippen LogP contribution in [0.15, 0.2) is 66.9 Å². The van der Waals surface area contributed by atoms with Crippen molar-refractivity contribution in [2.24, 2.45) is 0 Å². The second-order valence-electron chi connectivity index (χ2n) is 10.2. The molecule has 0 bridgehead atoms. The molecule has 0 spiro atoms. The molecule has 4 aromatic rings. The van der Waals surface area contributed by atoms with E-state index in [1.165, 1.54) is 23.9 Å². The van der Waals surface area contributed by atoms with Gasteiger partial charge in [-0.2, -0.15) is 0 Å². The molecule has 1 aliphatic rings. The lowest BCUT2D eigenvalue weighted by molar-refractivity contribution is -0.119. The van der Waals surface area contributed by atoms with Gasteiger partial charge in [0.15, 0.2) is 5.11 Å². The Labute approximate surface area is 251 Å². The lowest BCUT2D eigenvalue weighted by Gasteiger charge is -2.29. The van der Waals surface area contributed by atoms with Crippen LogP contribution in [-0.2, 0) is 16.0 Å². The van der Waals surface area contributed by atoms with Gasteiger partial charge in [0, 0.05) is 30.4 Å². The van der Waals surface area contributed by atoms with Crippen LogP contribution in [0.2, 0.25) is 5.02 Å². The first kappa shape index (κ1) is 28.8. The maximum absolute atomic E-state index is 12.1. The predicted octanol–water partition coefficient (Wildman–Crippen LogP) is 6.78. The summed E-state index contributed by atoms with van der Waals surface area (Å²) in [4.78, 5) is 18.9. The van der Waals surface area contributed by atoms with E-state index < -0.39 is 0 Å². The topological polar surface area (TPSA) is 71.4 Å². The van der Waals surface area contributed by atoms with E-state index in [1.807, 2.05) is 30.3 Å². The van der Waals surface area contributed by atoms with Crippen LogP contribution in [0.5, 0.6) is 0 Å². The van der Waals surface area contributed by atoms with Gasteiger partial charge in [-0.1, -0.05) is 42.8 Å². The van der Waals surface area contributed by atoms with Crippen LogP contribution in [0.3, 0.4) is 0 Å². The Balaban J connectivity index is 1.64. The van der Waals surface area contributed by atoms with Gasteiger partial charge in [-0.3, -0.25) is 9.78 Å². The van der Waals surface area contributed by atoms with E-state index in [0.717, 1.165) is 34.8 Å². The molecule has 3 heterocycles. The van der Waals surface area contributed by atoms with Crippen LogP contribution in [0.25, 0.3) is 5.69 Å². The summed E-state index contributed by atoms with van der Waals surface area (Å²) in [6.45, 7) is 8.62. The molecule has 0 aliphatic carbocycles. The molecular formula is C32H34ClN5O2S. The number of benzene rings is 2. The van der Waals surface area contributed by atoms with Gasteiger partial charge in [-0.25, -0.2) is 0 Å². The zero-order valence-corrected chi connectivity index (χ0v) is 25.4. The minimum Gasteiger partial charge on any atom is -0.375 e. The number of pyridine rings is 1. The Bertz CT molecular complexity index is 1600. The van der Waals surface area contributed by atoms with E-state index in [2.05, 4.69) is 72.1 Å². The number of amides is 1. The molecule has 1 amide bonds. The van der Waals surface area contributed by atoms with Crippen molar-refractivity contribution in [1.82, 2.24) is 14.9 Å². The minimum atomic E-state index is -0.274. The number of hydrogen-bond acceptors (Lipinski definition) is 4. The summed E-state index contributed by atoms with van der Waals surface area (Å²) in [6.07, 6.45) is 2.74. The number of aryl methyl sites for hydroxylation is 3. The highest BCUT2D eigenvalue weighted by Gasteiger charge is 2.42. The molecule has 0 saturated carbocycles. The van der Waals surface area contributed by atoms with Gasteiger partial charge >= 0.3 is 0 Å². The Morgan fingerprint density at radius 1 is 1.12 bits per heavy atom. The van der Waals surface area contributed by atoms with Gasteiger partial charge in [0.05, 0.1) is 34.2 Å². The number of nitrogens with zero attached hydrogens (tertiary/aromatic N) is 3. The summed E-state index contributed by atoms with van der Waals surface area (Å²) in [7, 11) is 1.48. The first-order chi connectivity index (χ1) is 19.7. The summed E-state index contributed by atoms with van der Waals surface area (Å²) < 4.78 is 7.29. The third-order valence-electron chi connectivity index (χ3n) is 7.59. The minimum absolute atomic E-state index is 0.0533. The number of aromatic nitrogens is 2. The number of halogens is 1. The van der Waals surface area contributed by atoms with Crippen molar-refractivity contribution in [2.75, 3.05) is 23.9 Å². The van der Waals surface area contributed by atoms with E-state index in [9.17, 15) is 4.79 Å². The molecule has 2 aromatic carbocycles. The van der Waals surface area contributed by atoms with Gasteiger partial charge < -0.3 is 24.8 Å². The number of anilines is 2. The fraction of sp³-hybridized carbons (Fsp3) is 0.281. The summed E-state index contributed by atoms with van der Waals surface area (Å²) >= 11 is 12.6. The molecule has 1 fully saturated rings. The number of para-hydroxylation sites is 1. The number of carbonyl (C=O) groups excluding carboxylic acids is 1. The van der Waals surface area contributed by atoms with E-state index in [0.29, 0.717) is 15.8 Å². The predicted molar refractivity (Wildman–Crippen MR) is 169 cm³/mol. The average Bonchev–Trinajstić information content (AvgIpc) is 3.45. The van der Waals surface area contributed by atoms with E-state index >= 15 is 0 Å². The van der Waals surface area contributed by atoms with Crippen LogP contribution in [-0.4, -0.2) is 34.3 Å². The summed E-state index contributed by atoms with van der Waals surface area (Å²) in [5, 5.41) is 7.32. The van der Waals surface area contributed by atoms with Crippen molar-refractivity contribution in [1.29, 1.82) is 0 Å². The number of nitrogens with one attached hydrogen (secondary N) is 2. The monoisotopic (exact) mass is 587 g/mol. The van der Waals surface area contributed by atoms with Crippen molar-refractivity contribution in [2.45, 2.75) is 46.2 Å².